The number of nitrogens with zero attached hydrogens (tertiary/aromatic N) is 3. The summed E-state index contributed by atoms with van der Waals surface area (Å²) in [6.07, 6.45) is 1.61. The van der Waals surface area contributed by atoms with Gasteiger partial charge in [-0.25, -0.2) is 16.8 Å². The van der Waals surface area contributed by atoms with Crippen LogP contribution in [-0.4, -0.2) is 48.6 Å². The Kier molecular flexibility index (Phi) is 9.16. The van der Waals surface area contributed by atoms with Crippen molar-refractivity contribution in [1.29, 1.82) is 0 Å². The Morgan fingerprint density at radius 3 is 1.22 bits per heavy atom. The van der Waals surface area contributed by atoms with E-state index in [9.17, 15) is 27.0 Å². The summed E-state index contributed by atoms with van der Waals surface area (Å²) in [5.41, 5.74) is 0. The maximum Gasteiger partial charge on any atom is 0.331 e. The molecule has 0 radical (unpaired) electrons. The molecule has 0 atom stereocenters. The van der Waals surface area contributed by atoms with Crippen molar-refractivity contribution in [2.45, 2.75) is 39.3 Å². The van der Waals surface area contributed by atoms with Gasteiger partial charge in [0, 0.05) is 0 Å². The van der Waals surface area contributed by atoms with Crippen LogP contribution in [0, 0.1) is 0 Å². The lowest BCUT2D eigenvalue weighted by Crippen LogP contribution is -2.05. The number of hydrogen-bond donors (Lipinski definition) is 2. The van der Waals surface area contributed by atoms with Crippen molar-refractivity contribution in [2.24, 2.45) is 0 Å². The molecule has 0 saturated carbocycles. The molecular formula is C31H27N3O9S2. The first-order chi connectivity index (χ1) is 21.5. The summed E-state index contributed by atoms with van der Waals surface area (Å²) in [7, 11) is -7.66. The van der Waals surface area contributed by atoms with Crippen LogP contribution in [-0.2, 0) is 19.7 Å². The number of hydrogen-bond acceptors (Lipinski definition) is 12. The van der Waals surface area contributed by atoms with Gasteiger partial charge in [-0.15, -0.1) is 15.0 Å². The first kappa shape index (κ1) is 31.2. The Morgan fingerprint density at radius 2 is 0.867 bits per heavy atom. The van der Waals surface area contributed by atoms with Crippen LogP contribution in [0.1, 0.15) is 19.8 Å². The number of phenolic OH excluding ortho intramolecular Hbond substituents is 2. The first-order valence-corrected chi connectivity index (χ1v) is 16.5. The Bertz CT molecular complexity index is 1850. The van der Waals surface area contributed by atoms with Gasteiger partial charge in [0.15, 0.2) is 0 Å². The number of ether oxygens (including phenoxy) is 3. The number of phenols is 2. The van der Waals surface area contributed by atoms with Gasteiger partial charge < -0.3 is 24.4 Å². The van der Waals surface area contributed by atoms with Gasteiger partial charge in [-0.2, -0.15) is 0 Å². The van der Waals surface area contributed by atoms with Crippen LogP contribution in [0.3, 0.4) is 0 Å². The normalized spacial score (nSPS) is 11.6. The van der Waals surface area contributed by atoms with E-state index in [1.807, 2.05) is 6.92 Å². The Hall–Kier alpha value is -5.21. The van der Waals surface area contributed by atoms with Gasteiger partial charge in [-0.05, 0) is 103 Å². The summed E-state index contributed by atoms with van der Waals surface area (Å²) >= 11 is 0. The van der Waals surface area contributed by atoms with Gasteiger partial charge in [-0.3, -0.25) is 0 Å². The van der Waals surface area contributed by atoms with Crippen LogP contribution in [0.5, 0.6) is 41.0 Å². The summed E-state index contributed by atoms with van der Waals surface area (Å²) in [5.74, 6) is 0.347. The molecule has 0 spiro atoms. The average Bonchev–Trinajstić information content (AvgIpc) is 3.02. The molecule has 1 aromatic heterocycles. The predicted molar refractivity (Wildman–Crippen MR) is 160 cm³/mol. The minimum atomic E-state index is -3.83. The minimum Gasteiger partial charge on any atom is -0.508 e. The van der Waals surface area contributed by atoms with Crippen LogP contribution in [0.2, 0.25) is 0 Å². The molecule has 5 rings (SSSR count). The lowest BCUT2D eigenvalue weighted by atomic mass is 10.3. The largest absolute Gasteiger partial charge is 0.508 e. The average molecular weight is 650 g/mol. The van der Waals surface area contributed by atoms with Crippen molar-refractivity contribution in [3.05, 3.63) is 97.1 Å². The molecule has 0 aliphatic rings. The molecule has 2 N–H and O–H groups in total. The predicted octanol–water partition coefficient (Wildman–Crippen LogP) is 5.71. The molecule has 232 valence electrons. The van der Waals surface area contributed by atoms with Crippen molar-refractivity contribution in [1.82, 2.24) is 15.0 Å². The number of rotatable bonds is 12. The van der Waals surface area contributed by atoms with Crippen LogP contribution < -0.4 is 14.2 Å². The molecule has 14 heteroatoms. The molecule has 0 aliphatic heterocycles. The van der Waals surface area contributed by atoms with E-state index in [0.717, 1.165) is 12.8 Å². The van der Waals surface area contributed by atoms with E-state index in [4.69, 9.17) is 14.2 Å². The summed E-state index contributed by atoms with van der Waals surface area (Å²) < 4.78 is 68.9. The quantitative estimate of drug-likeness (QED) is 0.158. The topological polar surface area (TPSA) is 175 Å². The van der Waals surface area contributed by atoms with E-state index in [2.05, 4.69) is 15.0 Å². The number of sulfone groups is 2. The number of benzene rings is 4. The van der Waals surface area contributed by atoms with Crippen LogP contribution in [0.4, 0.5) is 0 Å². The zero-order valence-electron chi connectivity index (χ0n) is 23.8. The maximum atomic E-state index is 12.9. The monoisotopic (exact) mass is 649 g/mol. The van der Waals surface area contributed by atoms with Crippen molar-refractivity contribution in [3.8, 4) is 41.0 Å². The van der Waals surface area contributed by atoms with E-state index < -0.39 is 19.7 Å². The smallest absolute Gasteiger partial charge is 0.331 e. The highest BCUT2D eigenvalue weighted by Crippen LogP contribution is 2.29. The summed E-state index contributed by atoms with van der Waals surface area (Å²) in [4.78, 5) is 12.6. The van der Waals surface area contributed by atoms with E-state index in [1.54, 1.807) is 0 Å². The molecule has 12 nitrogen and oxygen atoms in total. The van der Waals surface area contributed by atoms with Crippen molar-refractivity contribution >= 4 is 19.7 Å². The van der Waals surface area contributed by atoms with Crippen molar-refractivity contribution in [3.63, 3.8) is 0 Å². The molecule has 45 heavy (non-hydrogen) atoms. The fourth-order valence-electron chi connectivity index (χ4n) is 3.89. The molecule has 0 bridgehead atoms. The second kappa shape index (κ2) is 13.2. The fraction of sp³-hybridized carbons (Fsp3) is 0.129. The molecule has 0 saturated heterocycles. The second-order valence-electron chi connectivity index (χ2n) is 9.53. The minimum absolute atomic E-state index is 0.0136. The van der Waals surface area contributed by atoms with Crippen LogP contribution in [0.25, 0.3) is 0 Å². The van der Waals surface area contributed by atoms with Gasteiger partial charge >= 0.3 is 18.0 Å². The maximum absolute atomic E-state index is 12.9. The molecule has 0 amide bonds. The standard InChI is InChI=1S/C31H27N3O9S2/c1-2-3-20-41-29-32-30(42-23-8-16-27(17-9-23)44(37,38)25-12-4-21(35)5-13-25)34-31(33-29)43-24-10-18-28(19-11-24)45(39,40)26-14-6-22(36)7-15-26/h4-19,35-36H,2-3,20H2,1H3. The van der Waals surface area contributed by atoms with Gasteiger partial charge in [0.1, 0.15) is 23.0 Å². The Labute approximate surface area is 259 Å². The molecular weight excluding hydrogens is 622 g/mol. The Balaban J connectivity index is 1.35. The van der Waals surface area contributed by atoms with Gasteiger partial charge in [-0.1, -0.05) is 13.3 Å². The van der Waals surface area contributed by atoms with Crippen LogP contribution >= 0.6 is 0 Å². The van der Waals surface area contributed by atoms with Gasteiger partial charge in [0.05, 0.1) is 26.2 Å². The summed E-state index contributed by atoms with van der Waals surface area (Å²) in [6, 6.07) is 21.1. The van der Waals surface area contributed by atoms with E-state index in [0.29, 0.717) is 6.61 Å². The Morgan fingerprint density at radius 1 is 0.533 bits per heavy atom. The van der Waals surface area contributed by atoms with E-state index >= 15 is 0 Å². The van der Waals surface area contributed by atoms with E-state index in [1.165, 1.54) is 97.1 Å². The highest BCUT2D eigenvalue weighted by atomic mass is 32.2. The molecule has 0 fully saturated rings. The molecule has 4 aromatic carbocycles. The zero-order valence-corrected chi connectivity index (χ0v) is 25.4. The molecule has 0 unspecified atom stereocenters. The third-order valence-corrected chi connectivity index (χ3v) is 9.85. The van der Waals surface area contributed by atoms with Gasteiger partial charge in [0.25, 0.3) is 0 Å². The van der Waals surface area contributed by atoms with Crippen molar-refractivity contribution in [2.75, 3.05) is 6.61 Å². The third kappa shape index (κ3) is 7.48. The van der Waals surface area contributed by atoms with Crippen LogP contribution in [0.15, 0.2) is 117 Å². The van der Waals surface area contributed by atoms with Crippen molar-refractivity contribution < 1.29 is 41.3 Å². The zero-order chi connectivity index (χ0) is 32.0. The number of aromatic nitrogens is 3. The second-order valence-corrected chi connectivity index (χ2v) is 13.4. The molecule has 1 heterocycles. The SMILES string of the molecule is CCCCOc1nc(Oc2ccc(S(=O)(=O)c3ccc(O)cc3)cc2)nc(Oc2ccc(S(=O)(=O)c3ccc(O)cc3)cc2)n1. The lowest BCUT2D eigenvalue weighted by molar-refractivity contribution is 0.271. The fourth-order valence-corrected chi connectivity index (χ4v) is 6.41. The third-order valence-electron chi connectivity index (χ3n) is 6.28. The highest BCUT2D eigenvalue weighted by Gasteiger charge is 2.20. The van der Waals surface area contributed by atoms with E-state index in [-0.39, 0.29) is 60.6 Å². The molecule has 5 aromatic rings. The summed E-state index contributed by atoms with van der Waals surface area (Å²) in [5, 5.41) is 18.9. The highest BCUT2D eigenvalue weighted by molar-refractivity contribution is 7.91. The van der Waals surface area contributed by atoms with Gasteiger partial charge in [0.2, 0.25) is 19.7 Å². The number of unbranched alkanes of at least 4 members (excludes halogenated alkanes) is 1. The first-order valence-electron chi connectivity index (χ1n) is 13.6. The lowest BCUT2D eigenvalue weighted by Gasteiger charge is -2.11. The number of aromatic hydroxyl groups is 2. The summed E-state index contributed by atoms with van der Waals surface area (Å²) in [6.45, 7) is 2.32. The molecule has 0 aliphatic carbocycles.